The second kappa shape index (κ2) is 10.9. The van der Waals surface area contributed by atoms with Gasteiger partial charge >= 0.3 is 0 Å². The fraction of sp³-hybridized carbons (Fsp3) is 0.286. The highest BCUT2D eigenvalue weighted by Crippen LogP contribution is 2.16. The van der Waals surface area contributed by atoms with Gasteiger partial charge in [-0.25, -0.2) is 0 Å². The molecular weight excluding hydrogens is 410 g/mol. The number of benzene rings is 2. The van der Waals surface area contributed by atoms with Crippen molar-refractivity contribution in [2.24, 2.45) is 5.73 Å². The van der Waals surface area contributed by atoms with Crippen LogP contribution in [0.3, 0.4) is 0 Å². The molecule has 2 aromatic rings. The van der Waals surface area contributed by atoms with Gasteiger partial charge in [-0.3, -0.25) is 14.4 Å². The molecule has 0 aromatic heterocycles. The first-order valence-electron chi connectivity index (χ1n) is 9.01. The number of carbonyl (C=O) groups excluding carboxylic acids is 3. The highest BCUT2D eigenvalue weighted by molar-refractivity contribution is 7.98. The maximum absolute atomic E-state index is 13.0. The van der Waals surface area contributed by atoms with Gasteiger partial charge in [-0.15, -0.1) is 0 Å². The van der Waals surface area contributed by atoms with Gasteiger partial charge in [0.2, 0.25) is 11.8 Å². The van der Waals surface area contributed by atoms with Gasteiger partial charge in [0.05, 0.1) is 10.6 Å². The zero-order chi connectivity index (χ0) is 21.4. The number of nitrogens with zero attached hydrogens (tertiary/aromatic N) is 1. The number of nitrogens with two attached hydrogens (primary N) is 1. The van der Waals surface area contributed by atoms with Gasteiger partial charge in [0.15, 0.2) is 0 Å². The summed E-state index contributed by atoms with van der Waals surface area (Å²) in [5.41, 5.74) is 6.81. The van der Waals surface area contributed by atoms with E-state index >= 15 is 0 Å². The van der Waals surface area contributed by atoms with Crippen LogP contribution < -0.4 is 11.1 Å². The van der Waals surface area contributed by atoms with E-state index in [0.717, 1.165) is 5.56 Å². The zero-order valence-electron chi connectivity index (χ0n) is 16.4. The molecule has 1 atom stereocenters. The fourth-order valence-electron chi connectivity index (χ4n) is 2.82. The number of likely N-dealkylation sites (N-methyl/N-ethyl adjacent to an activating group) is 1. The van der Waals surface area contributed by atoms with E-state index in [2.05, 4.69) is 5.32 Å². The van der Waals surface area contributed by atoms with Gasteiger partial charge < -0.3 is 16.0 Å². The Labute approximate surface area is 179 Å². The van der Waals surface area contributed by atoms with Crippen molar-refractivity contribution in [2.45, 2.75) is 19.0 Å². The lowest BCUT2D eigenvalue weighted by Gasteiger charge is -2.25. The lowest BCUT2D eigenvalue weighted by atomic mass is 10.1. The average Bonchev–Trinajstić information content (AvgIpc) is 2.70. The lowest BCUT2D eigenvalue weighted by Crippen LogP contribution is -2.47. The monoisotopic (exact) mass is 433 g/mol. The summed E-state index contributed by atoms with van der Waals surface area (Å²) in [6.07, 6.45) is 2.43. The minimum atomic E-state index is -0.685. The van der Waals surface area contributed by atoms with Crippen molar-refractivity contribution in [3.05, 3.63) is 70.2 Å². The van der Waals surface area contributed by atoms with Crippen LogP contribution in [0.25, 0.3) is 0 Å². The third kappa shape index (κ3) is 6.51. The summed E-state index contributed by atoms with van der Waals surface area (Å²) in [5.74, 6) is -0.418. The fourth-order valence-corrected chi connectivity index (χ4v) is 3.51. The van der Waals surface area contributed by atoms with Crippen LogP contribution in [-0.4, -0.2) is 47.7 Å². The first-order chi connectivity index (χ1) is 13.8. The molecule has 0 spiro atoms. The molecule has 0 aliphatic rings. The van der Waals surface area contributed by atoms with Crippen LogP contribution in [0.1, 0.15) is 32.7 Å². The predicted octanol–water partition coefficient (Wildman–Crippen LogP) is 2.95. The molecule has 6 nitrogen and oxygen atoms in total. The molecule has 2 rings (SSSR count). The predicted molar refractivity (Wildman–Crippen MR) is 117 cm³/mol. The molecule has 0 aliphatic heterocycles. The third-order valence-electron chi connectivity index (χ3n) is 4.34. The van der Waals surface area contributed by atoms with Crippen molar-refractivity contribution in [1.82, 2.24) is 10.2 Å². The maximum atomic E-state index is 13.0. The molecule has 29 heavy (non-hydrogen) atoms. The second-order valence-electron chi connectivity index (χ2n) is 6.55. The summed E-state index contributed by atoms with van der Waals surface area (Å²) >= 11 is 7.69. The Morgan fingerprint density at radius 3 is 2.55 bits per heavy atom. The number of rotatable bonds is 9. The molecular formula is C21H24ClN3O3S. The topological polar surface area (TPSA) is 92.5 Å². The van der Waals surface area contributed by atoms with Gasteiger partial charge in [0.1, 0.15) is 6.04 Å². The largest absolute Gasteiger partial charge is 0.366 e. The van der Waals surface area contributed by atoms with E-state index in [-0.39, 0.29) is 18.4 Å². The summed E-state index contributed by atoms with van der Waals surface area (Å²) in [4.78, 5) is 38.5. The Morgan fingerprint density at radius 1 is 1.17 bits per heavy atom. The van der Waals surface area contributed by atoms with Crippen LogP contribution in [0.4, 0.5) is 0 Å². The summed E-state index contributed by atoms with van der Waals surface area (Å²) in [7, 11) is 1.66. The number of thioether (sulfide) groups is 1. The molecule has 0 bridgehead atoms. The molecule has 154 valence electrons. The first-order valence-corrected chi connectivity index (χ1v) is 10.8. The number of amides is 3. The Balaban J connectivity index is 2.12. The van der Waals surface area contributed by atoms with Crippen LogP contribution in [-0.2, 0) is 11.3 Å². The van der Waals surface area contributed by atoms with Crippen LogP contribution in [0.2, 0.25) is 5.02 Å². The molecule has 3 N–H and O–H groups in total. The first kappa shape index (κ1) is 22.8. The Bertz CT molecular complexity index is 891. The van der Waals surface area contributed by atoms with Crippen molar-refractivity contribution in [1.29, 1.82) is 0 Å². The normalized spacial score (nSPS) is 11.6. The third-order valence-corrected chi connectivity index (χ3v) is 5.31. The van der Waals surface area contributed by atoms with Gasteiger partial charge in [-0.2, -0.15) is 11.8 Å². The van der Waals surface area contributed by atoms with E-state index in [1.54, 1.807) is 61.3 Å². The summed E-state index contributed by atoms with van der Waals surface area (Å²) in [6, 6.07) is 12.8. The van der Waals surface area contributed by atoms with Crippen molar-refractivity contribution < 1.29 is 14.4 Å². The Kier molecular flexibility index (Phi) is 8.54. The van der Waals surface area contributed by atoms with Crippen LogP contribution in [0, 0.1) is 0 Å². The minimum absolute atomic E-state index is 0.219. The van der Waals surface area contributed by atoms with Crippen molar-refractivity contribution in [3.8, 4) is 0 Å². The van der Waals surface area contributed by atoms with Crippen molar-refractivity contribution in [3.63, 3.8) is 0 Å². The Hall–Kier alpha value is -2.51. The maximum Gasteiger partial charge on any atom is 0.253 e. The van der Waals surface area contributed by atoms with E-state index in [1.165, 1.54) is 4.90 Å². The number of nitrogens with one attached hydrogen (secondary N) is 1. The van der Waals surface area contributed by atoms with Crippen LogP contribution >= 0.6 is 23.4 Å². The number of carbonyl (C=O) groups is 3. The van der Waals surface area contributed by atoms with Gasteiger partial charge in [-0.1, -0.05) is 35.9 Å². The highest BCUT2D eigenvalue weighted by atomic mass is 35.5. The lowest BCUT2D eigenvalue weighted by molar-refractivity contribution is -0.132. The van der Waals surface area contributed by atoms with E-state index in [4.69, 9.17) is 17.3 Å². The van der Waals surface area contributed by atoms with E-state index in [1.807, 2.05) is 12.3 Å². The molecule has 0 aliphatic carbocycles. The van der Waals surface area contributed by atoms with Gasteiger partial charge in [0, 0.05) is 19.2 Å². The highest BCUT2D eigenvalue weighted by Gasteiger charge is 2.25. The summed E-state index contributed by atoms with van der Waals surface area (Å²) in [6.45, 7) is 0.289. The van der Waals surface area contributed by atoms with Crippen LogP contribution in [0.15, 0.2) is 48.5 Å². The van der Waals surface area contributed by atoms with Gasteiger partial charge in [-0.05, 0) is 48.3 Å². The molecule has 0 saturated heterocycles. The number of halogens is 1. The molecule has 0 fully saturated rings. The molecule has 1 unspecified atom stereocenters. The SMILES string of the molecule is CSCCC(NC(=O)c1ccccc1Cl)C(=O)N(C)Cc1cccc(C(N)=O)c1. The van der Waals surface area contributed by atoms with Crippen LogP contribution in [0.5, 0.6) is 0 Å². The number of primary amides is 1. The molecule has 0 saturated carbocycles. The van der Waals surface area contributed by atoms with E-state index in [9.17, 15) is 14.4 Å². The molecule has 8 heteroatoms. The standard InChI is InChI=1S/C21H24ClN3O3S/c1-25(13-14-6-5-7-15(12-14)19(23)26)21(28)18(10-11-29-2)24-20(27)16-8-3-4-9-17(16)22/h3-9,12,18H,10-11,13H2,1-2H3,(H2,23,26)(H,24,27). The quantitative estimate of drug-likeness (QED) is 0.635. The molecule has 3 amide bonds. The van der Waals surface area contributed by atoms with Gasteiger partial charge in [0.25, 0.3) is 5.91 Å². The molecule has 0 radical (unpaired) electrons. The smallest absolute Gasteiger partial charge is 0.253 e. The number of hydrogen-bond donors (Lipinski definition) is 2. The Morgan fingerprint density at radius 2 is 1.90 bits per heavy atom. The van der Waals surface area contributed by atoms with Crippen molar-refractivity contribution >= 4 is 41.1 Å². The minimum Gasteiger partial charge on any atom is -0.366 e. The zero-order valence-corrected chi connectivity index (χ0v) is 17.9. The van der Waals surface area contributed by atoms with E-state index in [0.29, 0.717) is 28.3 Å². The number of hydrogen-bond acceptors (Lipinski definition) is 4. The van der Waals surface area contributed by atoms with Crippen molar-refractivity contribution in [2.75, 3.05) is 19.1 Å². The molecule has 0 heterocycles. The van der Waals surface area contributed by atoms with E-state index < -0.39 is 11.9 Å². The molecule has 2 aromatic carbocycles. The summed E-state index contributed by atoms with van der Waals surface area (Å²) < 4.78 is 0. The second-order valence-corrected chi connectivity index (χ2v) is 7.94. The average molecular weight is 434 g/mol. The summed E-state index contributed by atoms with van der Waals surface area (Å²) in [5, 5.41) is 3.13.